The Hall–Kier alpha value is -2.82. The summed E-state index contributed by atoms with van der Waals surface area (Å²) in [4.78, 5) is 24.4. The lowest BCUT2D eigenvalue weighted by molar-refractivity contribution is -0.384. The average Bonchev–Trinajstić information content (AvgIpc) is 2.53. The van der Waals surface area contributed by atoms with E-state index < -0.39 is 10.5 Å². The maximum Gasteiger partial charge on any atom is 0.410 e. The topological polar surface area (TPSA) is 108 Å². The SMILES string of the molecule is CC(C)(C)OC(=O)N1CCC(Nc2cccc(C#N)c2[N+](=O)[O-])CC1. The van der Waals surface area contributed by atoms with Crippen LogP contribution >= 0.6 is 0 Å². The van der Waals surface area contributed by atoms with Crippen LogP contribution in [0, 0.1) is 21.4 Å². The van der Waals surface area contributed by atoms with Gasteiger partial charge < -0.3 is 15.0 Å². The molecule has 8 nitrogen and oxygen atoms in total. The van der Waals surface area contributed by atoms with Crippen LogP contribution in [-0.4, -0.2) is 40.6 Å². The maximum absolute atomic E-state index is 12.1. The van der Waals surface area contributed by atoms with Crippen LogP contribution in [0.25, 0.3) is 0 Å². The number of rotatable bonds is 3. The number of carbonyl (C=O) groups is 1. The Morgan fingerprint density at radius 2 is 2.04 bits per heavy atom. The van der Waals surface area contributed by atoms with Crippen LogP contribution < -0.4 is 5.32 Å². The summed E-state index contributed by atoms with van der Waals surface area (Å²) in [5, 5.41) is 23.5. The standard InChI is InChI=1S/C17H22N4O4/c1-17(2,3)25-16(22)20-9-7-13(8-10-20)19-14-6-4-5-12(11-18)15(14)21(23)24/h4-6,13,19H,7-10H2,1-3H3. The molecule has 0 saturated carbocycles. The molecule has 1 N–H and O–H groups in total. The lowest BCUT2D eigenvalue weighted by Gasteiger charge is -2.34. The predicted molar refractivity (Wildman–Crippen MR) is 92.3 cm³/mol. The van der Waals surface area contributed by atoms with E-state index in [9.17, 15) is 14.9 Å². The molecule has 1 heterocycles. The molecular weight excluding hydrogens is 324 g/mol. The van der Waals surface area contributed by atoms with Crippen molar-refractivity contribution in [1.82, 2.24) is 4.90 Å². The van der Waals surface area contributed by atoms with Crippen molar-refractivity contribution in [2.75, 3.05) is 18.4 Å². The second kappa shape index (κ2) is 7.38. The van der Waals surface area contributed by atoms with Crippen LogP contribution in [0.1, 0.15) is 39.2 Å². The number of hydrogen-bond donors (Lipinski definition) is 1. The van der Waals surface area contributed by atoms with E-state index in [-0.39, 0.29) is 23.4 Å². The molecule has 134 valence electrons. The Morgan fingerprint density at radius 3 is 2.56 bits per heavy atom. The first-order chi connectivity index (χ1) is 11.7. The Balaban J connectivity index is 2.01. The van der Waals surface area contributed by atoms with Crippen LogP contribution in [0.2, 0.25) is 0 Å². The third-order valence-corrected chi connectivity index (χ3v) is 3.85. The number of ether oxygens (including phenoxy) is 1. The van der Waals surface area contributed by atoms with Gasteiger partial charge in [0.2, 0.25) is 0 Å². The highest BCUT2D eigenvalue weighted by Crippen LogP contribution is 2.30. The van der Waals surface area contributed by atoms with Crippen molar-refractivity contribution in [3.05, 3.63) is 33.9 Å². The second-order valence-corrected chi connectivity index (χ2v) is 6.96. The average molecular weight is 346 g/mol. The van der Waals surface area contributed by atoms with E-state index in [1.54, 1.807) is 17.0 Å². The number of nitrogens with one attached hydrogen (secondary N) is 1. The van der Waals surface area contributed by atoms with E-state index >= 15 is 0 Å². The molecule has 0 bridgehead atoms. The summed E-state index contributed by atoms with van der Waals surface area (Å²) in [5.41, 5.74) is -0.384. The van der Waals surface area contributed by atoms with Crippen LogP contribution in [-0.2, 0) is 4.74 Å². The monoisotopic (exact) mass is 346 g/mol. The third-order valence-electron chi connectivity index (χ3n) is 3.85. The van der Waals surface area contributed by atoms with Crippen LogP contribution in [0.15, 0.2) is 18.2 Å². The number of para-hydroxylation sites is 1. The summed E-state index contributed by atoms with van der Waals surface area (Å²) in [5.74, 6) is 0. The van der Waals surface area contributed by atoms with Crippen molar-refractivity contribution >= 4 is 17.5 Å². The van der Waals surface area contributed by atoms with Gasteiger partial charge in [0, 0.05) is 19.1 Å². The number of anilines is 1. The van der Waals surface area contributed by atoms with Crippen molar-refractivity contribution in [2.24, 2.45) is 0 Å². The molecule has 1 saturated heterocycles. The fraction of sp³-hybridized carbons (Fsp3) is 0.529. The van der Waals surface area contributed by atoms with Gasteiger partial charge in [-0.05, 0) is 45.7 Å². The number of nitro groups is 1. The second-order valence-electron chi connectivity index (χ2n) is 6.96. The molecule has 1 aliphatic heterocycles. The zero-order valence-corrected chi connectivity index (χ0v) is 14.6. The predicted octanol–water partition coefficient (Wildman–Crippen LogP) is 3.28. The highest BCUT2D eigenvalue weighted by molar-refractivity contribution is 5.69. The molecule has 2 rings (SSSR count). The molecule has 25 heavy (non-hydrogen) atoms. The van der Waals surface area contributed by atoms with Crippen LogP contribution in [0.4, 0.5) is 16.2 Å². The molecule has 1 fully saturated rings. The molecule has 0 spiro atoms. The summed E-state index contributed by atoms with van der Waals surface area (Å²) >= 11 is 0. The maximum atomic E-state index is 12.1. The van der Waals surface area contributed by atoms with Gasteiger partial charge in [-0.2, -0.15) is 5.26 Å². The number of likely N-dealkylation sites (tertiary alicyclic amines) is 1. The highest BCUT2D eigenvalue weighted by Gasteiger charge is 2.28. The Kier molecular flexibility index (Phi) is 5.47. The molecule has 0 radical (unpaired) electrons. The molecule has 0 aromatic heterocycles. The minimum Gasteiger partial charge on any atom is -0.444 e. The van der Waals surface area contributed by atoms with E-state index in [1.165, 1.54) is 6.07 Å². The number of amides is 1. The summed E-state index contributed by atoms with van der Waals surface area (Å²) in [6, 6.07) is 6.48. The van der Waals surface area contributed by atoms with E-state index in [2.05, 4.69) is 5.32 Å². The number of hydrogen-bond acceptors (Lipinski definition) is 6. The highest BCUT2D eigenvalue weighted by atomic mass is 16.6. The number of carbonyl (C=O) groups excluding carboxylic acids is 1. The zero-order chi connectivity index (χ0) is 18.6. The van der Waals surface area contributed by atoms with Crippen LogP contribution in [0.5, 0.6) is 0 Å². The molecule has 8 heteroatoms. The first-order valence-corrected chi connectivity index (χ1v) is 8.13. The Labute approximate surface area is 146 Å². The quantitative estimate of drug-likeness (QED) is 0.664. The Bertz CT molecular complexity index is 698. The lowest BCUT2D eigenvalue weighted by Crippen LogP contribution is -2.44. The summed E-state index contributed by atoms with van der Waals surface area (Å²) in [6.45, 7) is 6.48. The number of nitrogens with zero attached hydrogens (tertiary/aromatic N) is 3. The molecule has 1 aromatic rings. The van der Waals surface area contributed by atoms with Crippen molar-refractivity contribution in [2.45, 2.75) is 45.3 Å². The van der Waals surface area contributed by atoms with Crippen molar-refractivity contribution < 1.29 is 14.5 Å². The fourth-order valence-electron chi connectivity index (χ4n) is 2.70. The van der Waals surface area contributed by atoms with Gasteiger partial charge in [0.1, 0.15) is 22.9 Å². The lowest BCUT2D eigenvalue weighted by atomic mass is 10.0. The minimum absolute atomic E-state index is 0.00803. The van der Waals surface area contributed by atoms with Crippen molar-refractivity contribution in [1.29, 1.82) is 5.26 Å². The third kappa shape index (κ3) is 4.83. The largest absolute Gasteiger partial charge is 0.444 e. The van der Waals surface area contributed by atoms with Gasteiger partial charge in [0.25, 0.3) is 0 Å². The van der Waals surface area contributed by atoms with Gasteiger partial charge in [-0.3, -0.25) is 10.1 Å². The number of nitriles is 1. The van der Waals surface area contributed by atoms with Gasteiger partial charge >= 0.3 is 11.8 Å². The number of piperidine rings is 1. The summed E-state index contributed by atoms with van der Waals surface area (Å²) in [7, 11) is 0. The molecule has 1 amide bonds. The van der Waals surface area contributed by atoms with Gasteiger partial charge in [-0.1, -0.05) is 6.07 Å². The first-order valence-electron chi connectivity index (χ1n) is 8.13. The number of benzene rings is 1. The van der Waals surface area contributed by atoms with Gasteiger partial charge in [-0.25, -0.2) is 4.79 Å². The van der Waals surface area contributed by atoms with E-state index in [1.807, 2.05) is 26.8 Å². The van der Waals surface area contributed by atoms with Crippen LogP contribution in [0.3, 0.4) is 0 Å². The van der Waals surface area contributed by atoms with E-state index in [0.29, 0.717) is 31.6 Å². The molecular formula is C17H22N4O4. The smallest absolute Gasteiger partial charge is 0.410 e. The molecule has 1 aromatic carbocycles. The molecule has 0 atom stereocenters. The normalized spacial score (nSPS) is 15.4. The Morgan fingerprint density at radius 1 is 1.40 bits per heavy atom. The van der Waals surface area contributed by atoms with Crippen molar-refractivity contribution in [3.63, 3.8) is 0 Å². The van der Waals surface area contributed by atoms with Crippen molar-refractivity contribution in [3.8, 4) is 6.07 Å². The molecule has 0 unspecified atom stereocenters. The van der Waals surface area contributed by atoms with Gasteiger partial charge in [0.15, 0.2) is 0 Å². The molecule has 1 aliphatic rings. The zero-order valence-electron chi connectivity index (χ0n) is 14.6. The summed E-state index contributed by atoms with van der Waals surface area (Å²) < 4.78 is 5.35. The number of nitro benzene ring substituents is 1. The fourth-order valence-corrected chi connectivity index (χ4v) is 2.70. The van der Waals surface area contributed by atoms with E-state index in [0.717, 1.165) is 0 Å². The molecule has 0 aliphatic carbocycles. The van der Waals surface area contributed by atoms with Gasteiger partial charge in [-0.15, -0.1) is 0 Å². The minimum atomic E-state index is -0.545. The first kappa shape index (κ1) is 18.5. The van der Waals surface area contributed by atoms with E-state index in [4.69, 9.17) is 10.00 Å². The van der Waals surface area contributed by atoms with Gasteiger partial charge in [0.05, 0.1) is 4.92 Å². The summed E-state index contributed by atoms with van der Waals surface area (Å²) in [6.07, 6.45) is 0.948.